The topological polar surface area (TPSA) is 79.9 Å². The van der Waals surface area contributed by atoms with Gasteiger partial charge in [0, 0.05) is 5.69 Å². The highest BCUT2D eigenvalue weighted by molar-refractivity contribution is 5.92. The van der Waals surface area contributed by atoms with Gasteiger partial charge in [0.05, 0.1) is 13.7 Å². The Kier molecular flexibility index (Phi) is 4.88. The van der Waals surface area contributed by atoms with Crippen LogP contribution in [-0.4, -0.2) is 18.2 Å². The van der Waals surface area contributed by atoms with Crippen molar-refractivity contribution in [2.45, 2.75) is 20.4 Å². The van der Waals surface area contributed by atoms with E-state index >= 15 is 0 Å². The third-order valence-electron chi connectivity index (χ3n) is 3.17. The third kappa shape index (κ3) is 4.15. The lowest BCUT2D eigenvalue weighted by atomic mass is 10.1. The van der Waals surface area contributed by atoms with E-state index in [-0.39, 0.29) is 5.75 Å². The van der Waals surface area contributed by atoms with Gasteiger partial charge in [-0.2, -0.15) is 0 Å². The number of benzene rings is 2. The molecule has 2 aromatic carbocycles. The van der Waals surface area contributed by atoms with E-state index in [2.05, 4.69) is 16.4 Å². The Hall–Kier alpha value is -2.69. The van der Waals surface area contributed by atoms with Crippen molar-refractivity contribution in [2.24, 2.45) is 10.7 Å². The second-order valence-corrected chi connectivity index (χ2v) is 5.21. The van der Waals surface area contributed by atoms with Crippen molar-refractivity contribution in [3.05, 3.63) is 53.1 Å². The zero-order chi connectivity index (χ0) is 16.1. The maximum atomic E-state index is 9.73. The molecule has 2 aromatic rings. The molecule has 0 fully saturated rings. The summed E-state index contributed by atoms with van der Waals surface area (Å²) in [4.78, 5) is 4.28. The fourth-order valence-corrected chi connectivity index (χ4v) is 2.24. The van der Waals surface area contributed by atoms with Crippen LogP contribution >= 0.6 is 0 Å². The van der Waals surface area contributed by atoms with Crippen LogP contribution in [0.2, 0.25) is 0 Å². The van der Waals surface area contributed by atoms with Gasteiger partial charge in [0.15, 0.2) is 17.5 Å². The first-order chi connectivity index (χ1) is 10.5. The molecule has 4 N–H and O–H groups in total. The summed E-state index contributed by atoms with van der Waals surface area (Å²) in [7, 11) is 1.51. The van der Waals surface area contributed by atoms with E-state index in [1.165, 1.54) is 7.11 Å². The number of rotatable bonds is 4. The van der Waals surface area contributed by atoms with Crippen molar-refractivity contribution in [1.82, 2.24) is 0 Å². The Labute approximate surface area is 130 Å². The smallest absolute Gasteiger partial charge is 0.193 e. The fraction of sp³-hybridized carbons (Fsp3) is 0.235. The Bertz CT molecular complexity index is 676. The molecule has 116 valence electrons. The van der Waals surface area contributed by atoms with Gasteiger partial charge in [0.2, 0.25) is 0 Å². The van der Waals surface area contributed by atoms with Crippen molar-refractivity contribution in [2.75, 3.05) is 12.4 Å². The van der Waals surface area contributed by atoms with Crippen molar-refractivity contribution < 1.29 is 9.84 Å². The maximum absolute atomic E-state index is 9.73. The molecular weight excluding hydrogens is 278 g/mol. The van der Waals surface area contributed by atoms with Gasteiger partial charge in [-0.25, -0.2) is 4.99 Å². The van der Waals surface area contributed by atoms with Crippen molar-refractivity contribution in [3.8, 4) is 11.5 Å². The Balaban J connectivity index is 2.04. The van der Waals surface area contributed by atoms with Gasteiger partial charge in [-0.3, -0.25) is 0 Å². The number of nitrogens with one attached hydrogen (secondary N) is 1. The van der Waals surface area contributed by atoms with E-state index in [1.807, 2.05) is 32.0 Å². The molecule has 0 saturated heterocycles. The summed E-state index contributed by atoms with van der Waals surface area (Å²) in [5.74, 6) is 0.866. The minimum Gasteiger partial charge on any atom is -0.504 e. The highest BCUT2D eigenvalue weighted by Crippen LogP contribution is 2.26. The molecule has 0 heterocycles. The van der Waals surface area contributed by atoms with Crippen LogP contribution < -0.4 is 15.8 Å². The molecule has 0 aromatic heterocycles. The summed E-state index contributed by atoms with van der Waals surface area (Å²) < 4.78 is 5.00. The predicted octanol–water partition coefficient (Wildman–Crippen LogP) is 2.94. The molecule has 0 bridgehead atoms. The summed E-state index contributed by atoms with van der Waals surface area (Å²) >= 11 is 0. The number of anilines is 1. The van der Waals surface area contributed by atoms with E-state index in [1.54, 1.807) is 12.1 Å². The molecule has 0 saturated carbocycles. The molecule has 5 nitrogen and oxygen atoms in total. The van der Waals surface area contributed by atoms with Crippen LogP contribution in [0, 0.1) is 13.8 Å². The highest BCUT2D eigenvalue weighted by Gasteiger charge is 2.02. The average molecular weight is 299 g/mol. The number of nitrogens with zero attached hydrogens (tertiary/aromatic N) is 1. The number of hydrogen-bond acceptors (Lipinski definition) is 3. The van der Waals surface area contributed by atoms with E-state index in [9.17, 15) is 5.11 Å². The number of methoxy groups -OCH3 is 1. The van der Waals surface area contributed by atoms with Crippen LogP contribution in [0.5, 0.6) is 11.5 Å². The summed E-state index contributed by atoms with van der Waals surface area (Å²) in [6, 6.07) is 11.3. The Morgan fingerprint density at radius 1 is 1.18 bits per heavy atom. The molecular formula is C17H21N3O2. The number of aliphatic imine (C=N–C) groups is 1. The number of aryl methyl sites for hydroxylation is 2. The lowest BCUT2D eigenvalue weighted by Gasteiger charge is -2.08. The quantitative estimate of drug-likeness (QED) is 0.599. The molecule has 0 atom stereocenters. The van der Waals surface area contributed by atoms with Crippen molar-refractivity contribution in [1.29, 1.82) is 0 Å². The Morgan fingerprint density at radius 3 is 2.45 bits per heavy atom. The first-order valence-corrected chi connectivity index (χ1v) is 6.99. The van der Waals surface area contributed by atoms with Gasteiger partial charge in [-0.1, -0.05) is 12.1 Å². The van der Waals surface area contributed by atoms with E-state index in [0.29, 0.717) is 18.3 Å². The monoisotopic (exact) mass is 299 g/mol. The van der Waals surface area contributed by atoms with Crippen LogP contribution in [0.15, 0.2) is 41.4 Å². The Morgan fingerprint density at radius 2 is 1.86 bits per heavy atom. The molecule has 0 aliphatic rings. The zero-order valence-electron chi connectivity index (χ0n) is 13.1. The van der Waals surface area contributed by atoms with Crippen molar-refractivity contribution >= 4 is 11.6 Å². The summed E-state index contributed by atoms with van der Waals surface area (Å²) in [5, 5.41) is 12.8. The van der Waals surface area contributed by atoms with Crippen LogP contribution in [0.25, 0.3) is 0 Å². The average Bonchev–Trinajstić information content (AvgIpc) is 2.44. The minimum absolute atomic E-state index is 0.0936. The van der Waals surface area contributed by atoms with Gasteiger partial charge in [0.1, 0.15) is 0 Å². The van der Waals surface area contributed by atoms with E-state index in [0.717, 1.165) is 22.4 Å². The van der Waals surface area contributed by atoms with Gasteiger partial charge in [0.25, 0.3) is 0 Å². The van der Waals surface area contributed by atoms with Crippen LogP contribution in [-0.2, 0) is 6.54 Å². The van der Waals surface area contributed by atoms with Crippen LogP contribution in [0.3, 0.4) is 0 Å². The van der Waals surface area contributed by atoms with Crippen LogP contribution in [0.1, 0.15) is 16.7 Å². The standard InChI is InChI=1S/C17H21N3O2/c1-11-6-12(2)8-14(7-11)20-17(18)19-10-13-4-5-16(22-3)15(21)9-13/h4-9,21H,10H2,1-3H3,(H3,18,19,20). The molecule has 5 heteroatoms. The molecule has 0 spiro atoms. The van der Waals surface area contributed by atoms with Gasteiger partial charge in [-0.05, 0) is 54.8 Å². The first-order valence-electron chi connectivity index (χ1n) is 6.99. The van der Waals surface area contributed by atoms with E-state index in [4.69, 9.17) is 10.5 Å². The highest BCUT2D eigenvalue weighted by atomic mass is 16.5. The zero-order valence-corrected chi connectivity index (χ0v) is 13.1. The van der Waals surface area contributed by atoms with Gasteiger partial charge in [-0.15, -0.1) is 0 Å². The maximum Gasteiger partial charge on any atom is 0.193 e. The largest absolute Gasteiger partial charge is 0.504 e. The third-order valence-corrected chi connectivity index (χ3v) is 3.17. The number of nitrogens with two attached hydrogens (primary N) is 1. The normalized spacial score (nSPS) is 11.3. The number of phenols is 1. The minimum atomic E-state index is 0.0936. The molecule has 0 unspecified atom stereocenters. The lowest BCUT2D eigenvalue weighted by molar-refractivity contribution is 0.373. The number of phenolic OH excluding ortho intramolecular Hbond substituents is 1. The molecule has 22 heavy (non-hydrogen) atoms. The molecule has 0 radical (unpaired) electrons. The molecule has 0 amide bonds. The lowest BCUT2D eigenvalue weighted by Crippen LogP contribution is -2.22. The summed E-state index contributed by atoms with van der Waals surface area (Å²) in [6.07, 6.45) is 0. The second kappa shape index (κ2) is 6.85. The number of aromatic hydroxyl groups is 1. The van der Waals surface area contributed by atoms with Gasteiger partial charge >= 0.3 is 0 Å². The van der Waals surface area contributed by atoms with Crippen LogP contribution in [0.4, 0.5) is 5.69 Å². The first kappa shape index (κ1) is 15.7. The summed E-state index contributed by atoms with van der Waals surface area (Å²) in [5.41, 5.74) is 9.99. The van der Waals surface area contributed by atoms with Gasteiger partial charge < -0.3 is 20.9 Å². The SMILES string of the molecule is COc1ccc(CN=C(N)Nc2cc(C)cc(C)c2)cc1O. The predicted molar refractivity (Wildman–Crippen MR) is 89.5 cm³/mol. The second-order valence-electron chi connectivity index (χ2n) is 5.21. The molecule has 2 rings (SSSR count). The fourth-order valence-electron chi connectivity index (χ4n) is 2.24. The number of guanidine groups is 1. The summed E-state index contributed by atoms with van der Waals surface area (Å²) in [6.45, 7) is 4.44. The number of ether oxygens (including phenoxy) is 1. The van der Waals surface area contributed by atoms with E-state index < -0.39 is 0 Å². The number of hydrogen-bond donors (Lipinski definition) is 3. The molecule has 0 aliphatic carbocycles. The van der Waals surface area contributed by atoms with Crippen molar-refractivity contribution in [3.63, 3.8) is 0 Å². The molecule has 0 aliphatic heterocycles.